The molecule has 3 heteroatoms. The van der Waals surface area contributed by atoms with Crippen LogP contribution in [0.25, 0.3) is 0 Å². The predicted molar refractivity (Wildman–Crippen MR) is 81.6 cm³/mol. The second-order valence-corrected chi connectivity index (χ2v) is 7.08. The van der Waals surface area contributed by atoms with E-state index >= 15 is 0 Å². The van der Waals surface area contributed by atoms with Crippen LogP contribution in [0, 0.1) is 17.7 Å². The molecule has 0 saturated heterocycles. The van der Waals surface area contributed by atoms with Crippen LogP contribution in [0.5, 0.6) is 0 Å². The lowest BCUT2D eigenvalue weighted by molar-refractivity contribution is 0.227. The number of rotatable bonds is 3. The van der Waals surface area contributed by atoms with Crippen LogP contribution in [-0.4, -0.2) is 6.04 Å². The van der Waals surface area contributed by atoms with Gasteiger partial charge in [-0.2, -0.15) is 0 Å². The molecule has 0 aromatic heterocycles. The Kier molecular flexibility index (Phi) is 5.02. The van der Waals surface area contributed by atoms with Crippen LogP contribution in [0.4, 0.5) is 4.39 Å². The van der Waals surface area contributed by atoms with E-state index in [1.165, 1.54) is 19.3 Å². The smallest absolute Gasteiger partial charge is 0.129 e. The highest BCUT2D eigenvalue weighted by molar-refractivity contribution is 9.10. The van der Waals surface area contributed by atoms with Gasteiger partial charge in [-0.05, 0) is 50.2 Å². The largest absolute Gasteiger partial charge is 0.307 e. The molecule has 0 spiro atoms. The van der Waals surface area contributed by atoms with Crippen molar-refractivity contribution in [3.63, 3.8) is 0 Å². The number of halogens is 2. The SMILES string of the molecule is CC1CC(C)CC(NC(C)c2ccc(Br)cc2F)C1. The van der Waals surface area contributed by atoms with E-state index < -0.39 is 0 Å². The fourth-order valence-electron chi connectivity index (χ4n) is 3.38. The normalized spacial score (nSPS) is 29.2. The Hall–Kier alpha value is -0.410. The highest BCUT2D eigenvalue weighted by Crippen LogP contribution is 2.30. The van der Waals surface area contributed by atoms with Crippen molar-refractivity contribution in [3.8, 4) is 0 Å². The zero-order valence-corrected chi connectivity index (χ0v) is 13.5. The summed E-state index contributed by atoms with van der Waals surface area (Å²) < 4.78 is 14.7. The van der Waals surface area contributed by atoms with Gasteiger partial charge in [-0.15, -0.1) is 0 Å². The molecule has 1 aliphatic carbocycles. The van der Waals surface area contributed by atoms with Crippen LogP contribution in [-0.2, 0) is 0 Å². The van der Waals surface area contributed by atoms with Gasteiger partial charge in [0.05, 0.1) is 0 Å². The van der Waals surface area contributed by atoms with Crippen molar-refractivity contribution in [1.29, 1.82) is 0 Å². The molecule has 1 nitrogen and oxygen atoms in total. The van der Waals surface area contributed by atoms with E-state index in [1.807, 2.05) is 12.1 Å². The molecule has 2 rings (SSSR count). The average Bonchev–Trinajstić information content (AvgIpc) is 2.26. The Bertz CT molecular complexity index is 425. The zero-order valence-electron chi connectivity index (χ0n) is 11.9. The van der Waals surface area contributed by atoms with E-state index in [4.69, 9.17) is 0 Å². The van der Waals surface area contributed by atoms with Gasteiger partial charge in [0.25, 0.3) is 0 Å². The lowest BCUT2D eigenvalue weighted by Gasteiger charge is -2.34. The van der Waals surface area contributed by atoms with Crippen molar-refractivity contribution in [2.45, 2.75) is 52.1 Å². The molecule has 3 unspecified atom stereocenters. The van der Waals surface area contributed by atoms with Gasteiger partial charge in [0.1, 0.15) is 5.82 Å². The van der Waals surface area contributed by atoms with E-state index in [-0.39, 0.29) is 11.9 Å². The first-order chi connectivity index (χ1) is 8.95. The lowest BCUT2D eigenvalue weighted by atomic mass is 9.80. The Morgan fingerprint density at radius 2 is 1.84 bits per heavy atom. The Morgan fingerprint density at radius 3 is 2.42 bits per heavy atom. The molecule has 106 valence electrons. The van der Waals surface area contributed by atoms with E-state index in [2.05, 4.69) is 42.0 Å². The first kappa shape index (κ1) is 15.0. The summed E-state index contributed by atoms with van der Waals surface area (Å²) >= 11 is 3.30. The molecule has 0 amide bonds. The minimum Gasteiger partial charge on any atom is -0.307 e. The summed E-state index contributed by atoms with van der Waals surface area (Å²) in [5, 5.41) is 3.60. The van der Waals surface area contributed by atoms with Crippen LogP contribution >= 0.6 is 15.9 Å². The molecular weight excluding hydrogens is 305 g/mol. The highest BCUT2D eigenvalue weighted by atomic mass is 79.9. The molecule has 19 heavy (non-hydrogen) atoms. The molecule has 0 radical (unpaired) electrons. The predicted octanol–water partition coefficient (Wildman–Crippen LogP) is 5.06. The summed E-state index contributed by atoms with van der Waals surface area (Å²) in [5.74, 6) is 1.40. The van der Waals surface area contributed by atoms with Gasteiger partial charge < -0.3 is 5.32 Å². The van der Waals surface area contributed by atoms with Crippen molar-refractivity contribution in [2.75, 3.05) is 0 Å². The monoisotopic (exact) mass is 327 g/mol. The maximum atomic E-state index is 13.9. The molecule has 1 aromatic rings. The van der Waals surface area contributed by atoms with Gasteiger partial charge in [0.2, 0.25) is 0 Å². The third kappa shape index (κ3) is 4.03. The van der Waals surface area contributed by atoms with Gasteiger partial charge in [-0.3, -0.25) is 0 Å². The molecule has 1 aliphatic rings. The van der Waals surface area contributed by atoms with Crippen LogP contribution in [0.3, 0.4) is 0 Å². The Morgan fingerprint density at radius 1 is 1.21 bits per heavy atom. The quantitative estimate of drug-likeness (QED) is 0.817. The van der Waals surface area contributed by atoms with E-state index in [0.717, 1.165) is 21.9 Å². The Balaban J connectivity index is 2.02. The van der Waals surface area contributed by atoms with Gasteiger partial charge in [0, 0.05) is 22.1 Å². The number of hydrogen-bond acceptors (Lipinski definition) is 1. The fraction of sp³-hybridized carbons (Fsp3) is 0.625. The molecule has 1 fully saturated rings. The van der Waals surface area contributed by atoms with Gasteiger partial charge in [-0.25, -0.2) is 4.39 Å². The molecule has 1 aromatic carbocycles. The topological polar surface area (TPSA) is 12.0 Å². The first-order valence-electron chi connectivity index (χ1n) is 7.16. The summed E-state index contributed by atoms with van der Waals surface area (Å²) in [6, 6.07) is 5.89. The summed E-state index contributed by atoms with van der Waals surface area (Å²) in [6.45, 7) is 6.68. The highest BCUT2D eigenvalue weighted by Gasteiger charge is 2.25. The molecule has 1 saturated carbocycles. The second kappa shape index (κ2) is 6.36. The summed E-state index contributed by atoms with van der Waals surface area (Å²) in [5.41, 5.74) is 0.758. The van der Waals surface area contributed by atoms with Gasteiger partial charge in [0.15, 0.2) is 0 Å². The second-order valence-electron chi connectivity index (χ2n) is 6.17. The number of hydrogen-bond donors (Lipinski definition) is 1. The summed E-state index contributed by atoms with van der Waals surface area (Å²) in [6.07, 6.45) is 3.72. The first-order valence-corrected chi connectivity index (χ1v) is 7.96. The van der Waals surface area contributed by atoms with Crippen LogP contribution in [0.1, 0.15) is 51.6 Å². The van der Waals surface area contributed by atoms with Crippen molar-refractivity contribution in [3.05, 3.63) is 34.1 Å². The van der Waals surface area contributed by atoms with Crippen LogP contribution in [0.2, 0.25) is 0 Å². The minimum atomic E-state index is -0.133. The van der Waals surface area contributed by atoms with Gasteiger partial charge in [-0.1, -0.05) is 35.8 Å². The molecule has 0 bridgehead atoms. The van der Waals surface area contributed by atoms with E-state index in [1.54, 1.807) is 6.07 Å². The van der Waals surface area contributed by atoms with Crippen LogP contribution < -0.4 is 5.32 Å². The fourth-order valence-corrected chi connectivity index (χ4v) is 3.71. The summed E-state index contributed by atoms with van der Waals surface area (Å²) in [7, 11) is 0. The third-order valence-electron chi connectivity index (χ3n) is 4.09. The van der Waals surface area contributed by atoms with Crippen molar-refractivity contribution in [1.82, 2.24) is 5.32 Å². The number of nitrogens with one attached hydrogen (secondary N) is 1. The standard InChI is InChI=1S/C16H23BrFN/c1-10-6-11(2)8-14(7-10)19-12(3)15-5-4-13(17)9-16(15)18/h4-5,9-12,14,19H,6-8H2,1-3H3. The summed E-state index contributed by atoms with van der Waals surface area (Å²) in [4.78, 5) is 0. The third-order valence-corrected chi connectivity index (χ3v) is 4.59. The molecule has 1 N–H and O–H groups in total. The lowest BCUT2D eigenvalue weighted by Crippen LogP contribution is -2.38. The maximum absolute atomic E-state index is 13.9. The number of benzene rings is 1. The Labute approximate surface area is 124 Å². The van der Waals surface area contributed by atoms with E-state index in [9.17, 15) is 4.39 Å². The molecular formula is C16H23BrFN. The molecule has 0 heterocycles. The maximum Gasteiger partial charge on any atom is 0.129 e. The molecule has 3 atom stereocenters. The minimum absolute atomic E-state index is 0.0654. The van der Waals surface area contributed by atoms with Gasteiger partial charge >= 0.3 is 0 Å². The van der Waals surface area contributed by atoms with Crippen molar-refractivity contribution >= 4 is 15.9 Å². The van der Waals surface area contributed by atoms with Crippen molar-refractivity contribution < 1.29 is 4.39 Å². The average molecular weight is 328 g/mol. The molecule has 0 aliphatic heterocycles. The zero-order chi connectivity index (χ0) is 14.0. The van der Waals surface area contributed by atoms with Crippen molar-refractivity contribution in [2.24, 2.45) is 11.8 Å². The van der Waals surface area contributed by atoms with E-state index in [0.29, 0.717) is 6.04 Å². The van der Waals surface area contributed by atoms with Crippen LogP contribution in [0.15, 0.2) is 22.7 Å².